The number of anilines is 1. The van der Waals surface area contributed by atoms with Gasteiger partial charge in [-0.15, -0.1) is 0 Å². The van der Waals surface area contributed by atoms with E-state index in [0.717, 1.165) is 5.56 Å². The summed E-state index contributed by atoms with van der Waals surface area (Å²) in [5, 5.41) is 9.20. The van der Waals surface area contributed by atoms with Crippen LogP contribution in [0.15, 0.2) is 54.6 Å². The third-order valence-corrected chi connectivity index (χ3v) is 2.63. The van der Waals surface area contributed by atoms with Crippen LogP contribution in [0.4, 0.5) is 5.69 Å². The van der Waals surface area contributed by atoms with Crippen molar-refractivity contribution >= 4 is 11.6 Å². The highest BCUT2D eigenvalue weighted by Gasteiger charge is 2.07. The molecule has 19 heavy (non-hydrogen) atoms. The van der Waals surface area contributed by atoms with Crippen LogP contribution >= 0.6 is 0 Å². The Morgan fingerprint density at radius 1 is 1.05 bits per heavy atom. The zero-order chi connectivity index (χ0) is 13.7. The van der Waals surface area contributed by atoms with Crippen molar-refractivity contribution in [1.82, 2.24) is 0 Å². The Morgan fingerprint density at radius 2 is 1.68 bits per heavy atom. The Labute approximate surface area is 112 Å². The van der Waals surface area contributed by atoms with E-state index in [1.807, 2.05) is 30.3 Å². The van der Waals surface area contributed by atoms with Gasteiger partial charge in [-0.05, 0) is 36.4 Å². The molecule has 2 rings (SSSR count). The van der Waals surface area contributed by atoms with Crippen LogP contribution in [0.25, 0.3) is 0 Å². The maximum absolute atomic E-state index is 11.9. The van der Waals surface area contributed by atoms with Gasteiger partial charge in [-0.1, -0.05) is 24.1 Å². The van der Waals surface area contributed by atoms with E-state index >= 15 is 0 Å². The predicted molar refractivity (Wildman–Crippen MR) is 74.8 cm³/mol. The number of hydrogen-bond acceptors (Lipinski definition) is 2. The van der Waals surface area contributed by atoms with Gasteiger partial charge in [0.25, 0.3) is 0 Å². The largest absolute Gasteiger partial charge is 0.508 e. The number of rotatable bonds is 1. The summed E-state index contributed by atoms with van der Waals surface area (Å²) in [6.45, 7) is 0. The van der Waals surface area contributed by atoms with Crippen molar-refractivity contribution < 1.29 is 9.90 Å². The molecule has 2 aromatic rings. The Hall–Kier alpha value is -2.73. The van der Waals surface area contributed by atoms with Crippen LogP contribution in [0.5, 0.6) is 5.75 Å². The number of phenolic OH excluding ortho intramolecular Hbond substituents is 1. The molecule has 0 aliphatic rings. The summed E-state index contributed by atoms with van der Waals surface area (Å²) in [5.74, 6) is 5.27. The van der Waals surface area contributed by atoms with E-state index in [4.69, 9.17) is 0 Å². The first kappa shape index (κ1) is 12.7. The Balaban J connectivity index is 2.12. The summed E-state index contributed by atoms with van der Waals surface area (Å²) in [5.41, 5.74) is 1.49. The van der Waals surface area contributed by atoms with E-state index in [1.54, 1.807) is 19.2 Å². The number of carbonyl (C=O) groups excluding carboxylic acids is 1. The maximum Gasteiger partial charge on any atom is 0.302 e. The first-order valence-electron chi connectivity index (χ1n) is 5.80. The zero-order valence-corrected chi connectivity index (χ0v) is 10.5. The van der Waals surface area contributed by atoms with Gasteiger partial charge >= 0.3 is 5.91 Å². The van der Waals surface area contributed by atoms with Gasteiger partial charge in [0.1, 0.15) is 5.75 Å². The summed E-state index contributed by atoms with van der Waals surface area (Å²) >= 11 is 0. The van der Waals surface area contributed by atoms with Gasteiger partial charge in [0.2, 0.25) is 0 Å². The monoisotopic (exact) mass is 251 g/mol. The average Bonchev–Trinajstić information content (AvgIpc) is 2.46. The Bertz CT molecular complexity index is 621. The van der Waals surface area contributed by atoms with Crippen LogP contribution in [0, 0.1) is 11.8 Å². The smallest absolute Gasteiger partial charge is 0.302 e. The van der Waals surface area contributed by atoms with Crippen LogP contribution in [0.1, 0.15) is 5.56 Å². The molecule has 0 aliphatic heterocycles. The summed E-state index contributed by atoms with van der Waals surface area (Å²) in [6.07, 6.45) is 0. The molecule has 3 heteroatoms. The van der Waals surface area contributed by atoms with Gasteiger partial charge in [-0.25, -0.2) is 0 Å². The van der Waals surface area contributed by atoms with Crippen LogP contribution in [-0.4, -0.2) is 18.1 Å². The molecular formula is C16H13NO2. The van der Waals surface area contributed by atoms with Crippen LogP contribution in [0.2, 0.25) is 0 Å². The third-order valence-electron chi connectivity index (χ3n) is 2.63. The minimum atomic E-state index is -0.297. The number of amides is 1. The molecule has 0 radical (unpaired) electrons. The van der Waals surface area contributed by atoms with E-state index in [1.165, 1.54) is 17.0 Å². The SMILES string of the molecule is CN(C(=O)C#Cc1ccccc1)c1ccc(O)cc1. The number of aromatic hydroxyl groups is 1. The van der Waals surface area contributed by atoms with Crippen LogP contribution < -0.4 is 4.90 Å². The van der Waals surface area contributed by atoms with E-state index in [-0.39, 0.29) is 11.7 Å². The zero-order valence-electron chi connectivity index (χ0n) is 10.5. The lowest BCUT2D eigenvalue weighted by Gasteiger charge is -2.13. The third kappa shape index (κ3) is 3.36. The van der Waals surface area contributed by atoms with E-state index in [2.05, 4.69) is 11.8 Å². The molecule has 1 N–H and O–H groups in total. The van der Waals surface area contributed by atoms with Crippen molar-refractivity contribution in [2.24, 2.45) is 0 Å². The van der Waals surface area contributed by atoms with Crippen LogP contribution in [-0.2, 0) is 4.79 Å². The fraction of sp³-hybridized carbons (Fsp3) is 0.0625. The highest BCUT2D eigenvalue weighted by Crippen LogP contribution is 2.16. The molecule has 0 aromatic heterocycles. The maximum atomic E-state index is 11.9. The standard InChI is InChI=1S/C16H13NO2/c1-17(14-8-10-15(18)11-9-14)16(19)12-7-13-5-3-2-4-6-13/h2-6,8-11,18H,1H3. The lowest BCUT2D eigenvalue weighted by Crippen LogP contribution is -2.24. The van der Waals surface area contributed by atoms with Crippen molar-refractivity contribution in [2.75, 3.05) is 11.9 Å². The van der Waals surface area contributed by atoms with Crippen molar-refractivity contribution in [3.05, 3.63) is 60.2 Å². The first-order valence-corrected chi connectivity index (χ1v) is 5.80. The quantitative estimate of drug-likeness (QED) is 0.791. The molecular weight excluding hydrogens is 238 g/mol. The molecule has 0 spiro atoms. The van der Waals surface area contributed by atoms with Gasteiger partial charge in [0.15, 0.2) is 0 Å². The van der Waals surface area contributed by atoms with Crippen molar-refractivity contribution in [1.29, 1.82) is 0 Å². The second-order valence-corrected chi connectivity index (χ2v) is 4.00. The van der Waals surface area contributed by atoms with Crippen LogP contribution in [0.3, 0.4) is 0 Å². The van der Waals surface area contributed by atoms with Gasteiger partial charge in [0.05, 0.1) is 0 Å². The number of carbonyl (C=O) groups is 1. The molecule has 0 unspecified atom stereocenters. The number of phenols is 1. The molecule has 0 saturated heterocycles. The summed E-state index contributed by atoms with van der Waals surface area (Å²) in [7, 11) is 1.65. The summed E-state index contributed by atoms with van der Waals surface area (Å²) in [4.78, 5) is 13.3. The number of nitrogens with zero attached hydrogens (tertiary/aromatic N) is 1. The molecule has 3 nitrogen and oxygen atoms in total. The molecule has 0 bridgehead atoms. The molecule has 0 saturated carbocycles. The van der Waals surface area contributed by atoms with Crippen molar-refractivity contribution in [3.63, 3.8) is 0 Å². The molecule has 0 aliphatic carbocycles. The average molecular weight is 251 g/mol. The van der Waals surface area contributed by atoms with Gasteiger partial charge in [-0.2, -0.15) is 0 Å². The topological polar surface area (TPSA) is 40.5 Å². The fourth-order valence-corrected chi connectivity index (χ4v) is 1.52. The molecule has 2 aromatic carbocycles. The Morgan fingerprint density at radius 3 is 2.32 bits per heavy atom. The minimum absolute atomic E-state index is 0.167. The minimum Gasteiger partial charge on any atom is -0.508 e. The van der Waals surface area contributed by atoms with Crippen molar-refractivity contribution in [2.45, 2.75) is 0 Å². The summed E-state index contributed by atoms with van der Waals surface area (Å²) in [6, 6.07) is 15.7. The van der Waals surface area contributed by atoms with E-state index in [9.17, 15) is 9.90 Å². The number of benzene rings is 2. The highest BCUT2D eigenvalue weighted by molar-refractivity contribution is 6.05. The fourth-order valence-electron chi connectivity index (χ4n) is 1.52. The summed E-state index contributed by atoms with van der Waals surface area (Å²) < 4.78 is 0. The second kappa shape index (κ2) is 5.74. The molecule has 94 valence electrons. The molecule has 0 fully saturated rings. The van der Waals surface area contributed by atoms with E-state index in [0.29, 0.717) is 5.69 Å². The molecule has 0 atom stereocenters. The Kier molecular flexibility index (Phi) is 3.84. The van der Waals surface area contributed by atoms with Gasteiger partial charge in [0, 0.05) is 24.2 Å². The lowest BCUT2D eigenvalue weighted by molar-refractivity contribution is -0.113. The molecule has 0 heterocycles. The normalized spacial score (nSPS) is 9.32. The lowest BCUT2D eigenvalue weighted by atomic mass is 10.2. The predicted octanol–water partition coefficient (Wildman–Crippen LogP) is 2.41. The second-order valence-electron chi connectivity index (χ2n) is 4.00. The first-order chi connectivity index (χ1) is 9.16. The molecule has 1 amide bonds. The van der Waals surface area contributed by atoms with E-state index < -0.39 is 0 Å². The van der Waals surface area contributed by atoms with Crippen molar-refractivity contribution in [3.8, 4) is 17.6 Å². The highest BCUT2D eigenvalue weighted by atomic mass is 16.3. The number of hydrogen-bond donors (Lipinski definition) is 1. The van der Waals surface area contributed by atoms with Gasteiger partial charge < -0.3 is 10.0 Å². The van der Waals surface area contributed by atoms with Gasteiger partial charge in [-0.3, -0.25) is 4.79 Å².